The molecule has 1 saturated carbocycles. The maximum absolute atomic E-state index is 13.9. The molecule has 3 nitrogen and oxygen atoms in total. The van der Waals surface area contributed by atoms with Gasteiger partial charge in [-0.2, -0.15) is 5.26 Å². The fourth-order valence-electron chi connectivity index (χ4n) is 2.14. The van der Waals surface area contributed by atoms with E-state index in [9.17, 15) is 4.39 Å². The number of nitrogens with one attached hydrogen (secondary N) is 1. The van der Waals surface area contributed by atoms with Crippen LogP contribution in [0.15, 0.2) is 18.2 Å². The number of nitriles is 1. The third-order valence-electron chi connectivity index (χ3n) is 3.70. The predicted molar refractivity (Wildman–Crippen MR) is 80.4 cm³/mol. The van der Waals surface area contributed by atoms with Crippen molar-refractivity contribution in [3.63, 3.8) is 0 Å². The zero-order valence-corrected chi connectivity index (χ0v) is 12.8. The summed E-state index contributed by atoms with van der Waals surface area (Å²) in [4.78, 5) is 0. The van der Waals surface area contributed by atoms with Crippen molar-refractivity contribution in [3.8, 4) is 11.8 Å². The molecular formula is C17H23FN2O. The van der Waals surface area contributed by atoms with Crippen molar-refractivity contribution in [2.45, 2.75) is 52.1 Å². The Labute approximate surface area is 126 Å². The minimum absolute atomic E-state index is 0.315. The van der Waals surface area contributed by atoms with Gasteiger partial charge in [-0.25, -0.2) is 4.39 Å². The van der Waals surface area contributed by atoms with Gasteiger partial charge in [0.15, 0.2) is 11.6 Å². The lowest BCUT2D eigenvalue weighted by Gasteiger charge is -2.16. The molecule has 1 fully saturated rings. The molecule has 21 heavy (non-hydrogen) atoms. The highest BCUT2D eigenvalue weighted by Gasteiger charge is 2.21. The van der Waals surface area contributed by atoms with Crippen molar-refractivity contribution in [2.75, 3.05) is 6.61 Å². The van der Waals surface area contributed by atoms with E-state index in [-0.39, 0.29) is 11.2 Å². The van der Waals surface area contributed by atoms with E-state index in [4.69, 9.17) is 10.00 Å². The molecular weight excluding hydrogens is 267 g/mol. The summed E-state index contributed by atoms with van der Waals surface area (Å²) in [6, 6.07) is 7.88. The SMILES string of the molecule is CC(C)(C#N)CCCOc1c(F)cccc1CNC1CC1. The van der Waals surface area contributed by atoms with E-state index in [1.807, 2.05) is 19.9 Å². The Balaban J connectivity index is 1.87. The van der Waals surface area contributed by atoms with Gasteiger partial charge < -0.3 is 10.1 Å². The molecule has 1 N–H and O–H groups in total. The molecule has 0 aliphatic heterocycles. The summed E-state index contributed by atoms with van der Waals surface area (Å²) < 4.78 is 19.5. The van der Waals surface area contributed by atoms with Gasteiger partial charge in [-0.3, -0.25) is 0 Å². The van der Waals surface area contributed by atoms with Crippen molar-refractivity contribution < 1.29 is 9.13 Å². The van der Waals surface area contributed by atoms with Crippen molar-refractivity contribution in [1.82, 2.24) is 5.32 Å². The average molecular weight is 290 g/mol. The molecule has 114 valence electrons. The second-order valence-corrected chi connectivity index (χ2v) is 6.33. The summed E-state index contributed by atoms with van der Waals surface area (Å²) in [6.07, 6.45) is 3.89. The minimum atomic E-state index is -0.352. The van der Waals surface area contributed by atoms with Crippen LogP contribution in [0.1, 0.15) is 45.1 Å². The van der Waals surface area contributed by atoms with Crippen LogP contribution in [0.2, 0.25) is 0 Å². The summed E-state index contributed by atoms with van der Waals surface area (Å²) in [5.41, 5.74) is 0.510. The van der Waals surface area contributed by atoms with Crippen molar-refractivity contribution in [1.29, 1.82) is 5.26 Å². The molecule has 0 radical (unpaired) electrons. The van der Waals surface area contributed by atoms with Gasteiger partial charge in [-0.05, 0) is 45.6 Å². The molecule has 2 rings (SSSR count). The maximum Gasteiger partial charge on any atom is 0.165 e. The van der Waals surface area contributed by atoms with Crippen LogP contribution < -0.4 is 10.1 Å². The van der Waals surface area contributed by atoms with Crippen LogP contribution in [-0.4, -0.2) is 12.6 Å². The molecule has 0 spiro atoms. The Morgan fingerprint density at radius 3 is 2.86 bits per heavy atom. The van der Waals surface area contributed by atoms with Crippen molar-refractivity contribution in [2.24, 2.45) is 5.41 Å². The standard InChI is InChI=1S/C17H23FN2O/c1-17(2,12-19)9-4-10-21-16-13(5-3-6-15(16)18)11-20-14-7-8-14/h3,5-6,14,20H,4,7-11H2,1-2H3. The van der Waals surface area contributed by atoms with Gasteiger partial charge in [0.05, 0.1) is 18.1 Å². The molecule has 0 heterocycles. The Kier molecular flexibility index (Phi) is 5.19. The van der Waals surface area contributed by atoms with Gasteiger partial charge in [0.1, 0.15) is 0 Å². The summed E-state index contributed by atoms with van der Waals surface area (Å²) in [5.74, 6) is 0.0325. The lowest BCUT2D eigenvalue weighted by Crippen LogP contribution is -2.17. The van der Waals surface area contributed by atoms with Gasteiger partial charge in [0.2, 0.25) is 0 Å². The maximum atomic E-state index is 13.9. The predicted octanol–water partition coefficient (Wildman–Crippen LogP) is 3.79. The Hall–Kier alpha value is -1.60. The molecule has 1 aromatic carbocycles. The molecule has 1 aromatic rings. The molecule has 4 heteroatoms. The first-order valence-corrected chi connectivity index (χ1v) is 7.57. The highest BCUT2D eigenvalue weighted by molar-refractivity contribution is 5.35. The fraction of sp³-hybridized carbons (Fsp3) is 0.588. The molecule has 0 unspecified atom stereocenters. The van der Waals surface area contributed by atoms with E-state index in [1.54, 1.807) is 6.07 Å². The summed E-state index contributed by atoms with van der Waals surface area (Å²) in [5, 5.41) is 12.3. The highest BCUT2D eigenvalue weighted by atomic mass is 19.1. The number of benzene rings is 1. The molecule has 0 bridgehead atoms. The minimum Gasteiger partial charge on any atom is -0.490 e. The van der Waals surface area contributed by atoms with Crippen LogP contribution in [0, 0.1) is 22.6 Å². The van der Waals surface area contributed by atoms with Crippen molar-refractivity contribution >= 4 is 0 Å². The van der Waals surface area contributed by atoms with Crippen LogP contribution in [0.4, 0.5) is 4.39 Å². The van der Waals surface area contributed by atoms with E-state index < -0.39 is 0 Å². The lowest BCUT2D eigenvalue weighted by atomic mass is 9.90. The van der Waals surface area contributed by atoms with E-state index in [0.29, 0.717) is 24.9 Å². The third kappa shape index (κ3) is 5.02. The van der Waals surface area contributed by atoms with E-state index in [1.165, 1.54) is 18.9 Å². The number of hydrogen-bond acceptors (Lipinski definition) is 3. The number of halogens is 1. The van der Waals surface area contributed by atoms with Crippen LogP contribution in [0.25, 0.3) is 0 Å². The summed E-state index contributed by atoms with van der Waals surface area (Å²) >= 11 is 0. The number of ether oxygens (including phenoxy) is 1. The highest BCUT2D eigenvalue weighted by Crippen LogP contribution is 2.26. The fourth-order valence-corrected chi connectivity index (χ4v) is 2.14. The first-order chi connectivity index (χ1) is 10.0. The smallest absolute Gasteiger partial charge is 0.165 e. The number of rotatable bonds is 8. The number of hydrogen-bond donors (Lipinski definition) is 1. The molecule has 0 atom stereocenters. The van der Waals surface area contributed by atoms with Gasteiger partial charge in [-0.1, -0.05) is 12.1 Å². The van der Waals surface area contributed by atoms with E-state index >= 15 is 0 Å². The Bertz CT molecular complexity index is 518. The molecule has 0 amide bonds. The van der Waals surface area contributed by atoms with Gasteiger partial charge >= 0.3 is 0 Å². The average Bonchev–Trinajstić information content (AvgIpc) is 3.27. The third-order valence-corrected chi connectivity index (χ3v) is 3.70. The molecule has 1 aliphatic carbocycles. The molecule has 0 saturated heterocycles. The zero-order valence-electron chi connectivity index (χ0n) is 12.8. The summed E-state index contributed by atoms with van der Waals surface area (Å²) in [7, 11) is 0. The number of nitrogens with zero attached hydrogens (tertiary/aromatic N) is 1. The Morgan fingerprint density at radius 2 is 2.19 bits per heavy atom. The van der Waals surface area contributed by atoms with Gasteiger partial charge in [-0.15, -0.1) is 0 Å². The summed E-state index contributed by atoms with van der Waals surface area (Å²) in [6.45, 7) is 4.88. The van der Waals surface area contributed by atoms with Gasteiger partial charge in [0, 0.05) is 18.2 Å². The molecule has 0 aromatic heterocycles. The van der Waals surface area contributed by atoms with Crippen LogP contribution in [0.3, 0.4) is 0 Å². The Morgan fingerprint density at radius 1 is 1.43 bits per heavy atom. The van der Waals surface area contributed by atoms with Crippen LogP contribution in [-0.2, 0) is 6.54 Å². The number of para-hydroxylation sites is 1. The van der Waals surface area contributed by atoms with E-state index in [2.05, 4.69) is 11.4 Å². The lowest BCUT2D eigenvalue weighted by molar-refractivity contribution is 0.270. The van der Waals surface area contributed by atoms with Crippen LogP contribution in [0.5, 0.6) is 5.75 Å². The first-order valence-electron chi connectivity index (χ1n) is 7.57. The largest absolute Gasteiger partial charge is 0.490 e. The van der Waals surface area contributed by atoms with Crippen molar-refractivity contribution in [3.05, 3.63) is 29.6 Å². The second-order valence-electron chi connectivity index (χ2n) is 6.33. The quantitative estimate of drug-likeness (QED) is 0.741. The van der Waals surface area contributed by atoms with E-state index in [0.717, 1.165) is 18.4 Å². The zero-order chi connectivity index (χ0) is 15.3. The first kappa shape index (κ1) is 15.8. The second kappa shape index (κ2) is 6.91. The molecule has 1 aliphatic rings. The monoisotopic (exact) mass is 290 g/mol. The van der Waals surface area contributed by atoms with Crippen LogP contribution >= 0.6 is 0 Å². The topological polar surface area (TPSA) is 45.0 Å². The normalized spacial score (nSPS) is 14.8. The van der Waals surface area contributed by atoms with Gasteiger partial charge in [0.25, 0.3) is 0 Å².